The molecule has 0 bridgehead atoms. The molecule has 6 heteroatoms. The lowest BCUT2D eigenvalue weighted by Crippen LogP contribution is -2.39. The molecule has 3 N–H and O–H groups in total. The largest absolute Gasteiger partial charge is 0.330 e. The zero-order chi connectivity index (χ0) is 11.5. The third-order valence-corrected chi connectivity index (χ3v) is 4.21. The van der Waals surface area contributed by atoms with E-state index in [1.807, 2.05) is 0 Å². The highest BCUT2D eigenvalue weighted by Crippen LogP contribution is 2.30. The molecule has 88 valence electrons. The highest BCUT2D eigenvalue weighted by atomic mass is 32.2. The van der Waals surface area contributed by atoms with Gasteiger partial charge in [0.15, 0.2) is 0 Å². The van der Waals surface area contributed by atoms with Gasteiger partial charge in [-0.3, -0.25) is 9.52 Å². The van der Waals surface area contributed by atoms with Crippen molar-refractivity contribution < 1.29 is 13.2 Å². The summed E-state index contributed by atoms with van der Waals surface area (Å²) in [5, 5.41) is 0. The monoisotopic (exact) mass is 234 g/mol. The first kappa shape index (κ1) is 12.4. The van der Waals surface area contributed by atoms with Gasteiger partial charge in [0.05, 0.1) is 5.75 Å². The SMILES string of the molecule is CCS(=O)(=O)NC(=O)C1CCCC1CN. The smallest absolute Gasteiger partial charge is 0.236 e. The molecule has 0 radical (unpaired) electrons. The molecule has 0 heterocycles. The van der Waals surface area contributed by atoms with Crippen LogP contribution in [0.2, 0.25) is 0 Å². The third-order valence-electron chi connectivity index (χ3n) is 2.93. The number of hydrogen-bond acceptors (Lipinski definition) is 4. The minimum atomic E-state index is -3.43. The Bertz CT molecular complexity index is 326. The van der Waals surface area contributed by atoms with Gasteiger partial charge in [0.25, 0.3) is 0 Å². The molecule has 0 aromatic carbocycles. The number of nitrogens with two attached hydrogens (primary N) is 1. The van der Waals surface area contributed by atoms with Crippen molar-refractivity contribution >= 4 is 15.9 Å². The van der Waals surface area contributed by atoms with E-state index in [4.69, 9.17) is 5.73 Å². The lowest BCUT2D eigenvalue weighted by atomic mass is 9.96. The number of nitrogens with one attached hydrogen (secondary N) is 1. The predicted molar refractivity (Wildman–Crippen MR) is 57.5 cm³/mol. The average molecular weight is 234 g/mol. The fourth-order valence-corrected chi connectivity index (χ4v) is 2.57. The van der Waals surface area contributed by atoms with Crippen molar-refractivity contribution in [2.75, 3.05) is 12.3 Å². The second kappa shape index (κ2) is 4.94. The van der Waals surface area contributed by atoms with E-state index in [0.717, 1.165) is 19.3 Å². The summed E-state index contributed by atoms with van der Waals surface area (Å²) in [6.45, 7) is 1.95. The summed E-state index contributed by atoms with van der Waals surface area (Å²) in [6, 6.07) is 0. The van der Waals surface area contributed by atoms with Crippen LogP contribution in [0.3, 0.4) is 0 Å². The molecule has 1 aliphatic carbocycles. The van der Waals surface area contributed by atoms with Crippen LogP contribution >= 0.6 is 0 Å². The van der Waals surface area contributed by atoms with Crippen molar-refractivity contribution in [3.8, 4) is 0 Å². The summed E-state index contributed by atoms with van der Waals surface area (Å²) in [4.78, 5) is 11.6. The zero-order valence-electron chi connectivity index (χ0n) is 8.90. The molecule has 0 aromatic rings. The fraction of sp³-hybridized carbons (Fsp3) is 0.889. The van der Waals surface area contributed by atoms with Crippen LogP contribution in [0.15, 0.2) is 0 Å². The van der Waals surface area contributed by atoms with Crippen LogP contribution in [0.25, 0.3) is 0 Å². The van der Waals surface area contributed by atoms with Gasteiger partial charge < -0.3 is 5.73 Å². The van der Waals surface area contributed by atoms with Gasteiger partial charge in [0, 0.05) is 5.92 Å². The molecule has 1 fully saturated rings. The summed E-state index contributed by atoms with van der Waals surface area (Å²) >= 11 is 0. The van der Waals surface area contributed by atoms with Crippen LogP contribution in [0.4, 0.5) is 0 Å². The molecule has 2 atom stereocenters. The molecule has 0 aromatic heterocycles. The van der Waals surface area contributed by atoms with Crippen LogP contribution in [-0.4, -0.2) is 26.6 Å². The maximum absolute atomic E-state index is 11.6. The minimum absolute atomic E-state index is 0.0707. The molecule has 1 amide bonds. The summed E-state index contributed by atoms with van der Waals surface area (Å²) in [6.07, 6.45) is 2.61. The van der Waals surface area contributed by atoms with E-state index in [1.54, 1.807) is 0 Å². The van der Waals surface area contributed by atoms with E-state index in [-0.39, 0.29) is 23.5 Å². The lowest BCUT2D eigenvalue weighted by molar-refractivity contribution is -0.124. The maximum atomic E-state index is 11.6. The van der Waals surface area contributed by atoms with Gasteiger partial charge in [0.1, 0.15) is 0 Å². The van der Waals surface area contributed by atoms with Gasteiger partial charge in [-0.2, -0.15) is 0 Å². The van der Waals surface area contributed by atoms with Crippen molar-refractivity contribution in [1.82, 2.24) is 4.72 Å². The van der Waals surface area contributed by atoms with E-state index >= 15 is 0 Å². The molecule has 0 spiro atoms. The molecule has 5 nitrogen and oxygen atoms in total. The van der Waals surface area contributed by atoms with Crippen LogP contribution in [0.5, 0.6) is 0 Å². The fourth-order valence-electron chi connectivity index (χ4n) is 1.97. The topological polar surface area (TPSA) is 89.3 Å². The van der Waals surface area contributed by atoms with Crippen LogP contribution < -0.4 is 10.5 Å². The number of sulfonamides is 1. The zero-order valence-corrected chi connectivity index (χ0v) is 9.72. The number of rotatable bonds is 4. The lowest BCUT2D eigenvalue weighted by Gasteiger charge is -2.16. The van der Waals surface area contributed by atoms with Crippen molar-refractivity contribution in [1.29, 1.82) is 0 Å². The molecular formula is C9H18N2O3S. The summed E-state index contributed by atoms with van der Waals surface area (Å²) < 4.78 is 24.5. The van der Waals surface area contributed by atoms with Crippen molar-refractivity contribution in [3.05, 3.63) is 0 Å². The molecule has 15 heavy (non-hydrogen) atoms. The molecule has 1 saturated carbocycles. The second-order valence-electron chi connectivity index (χ2n) is 3.90. The van der Waals surface area contributed by atoms with Gasteiger partial charge in [-0.05, 0) is 32.2 Å². The van der Waals surface area contributed by atoms with Crippen LogP contribution in [-0.2, 0) is 14.8 Å². The van der Waals surface area contributed by atoms with Gasteiger partial charge in [0.2, 0.25) is 15.9 Å². The molecular weight excluding hydrogens is 216 g/mol. The number of amides is 1. The standard InChI is InChI=1S/C9H18N2O3S/c1-2-15(13,14)11-9(12)8-5-3-4-7(8)6-10/h7-8H,2-6,10H2,1H3,(H,11,12). The molecule has 2 unspecified atom stereocenters. The third kappa shape index (κ3) is 3.17. The van der Waals surface area contributed by atoms with Gasteiger partial charge in [-0.1, -0.05) is 6.42 Å². The molecule has 0 aliphatic heterocycles. The Kier molecular flexibility index (Phi) is 4.10. The first-order valence-electron chi connectivity index (χ1n) is 5.24. The van der Waals surface area contributed by atoms with Crippen LogP contribution in [0, 0.1) is 11.8 Å². The van der Waals surface area contributed by atoms with E-state index in [2.05, 4.69) is 4.72 Å². The van der Waals surface area contributed by atoms with E-state index in [9.17, 15) is 13.2 Å². The van der Waals surface area contributed by atoms with Crippen molar-refractivity contribution in [3.63, 3.8) is 0 Å². The van der Waals surface area contributed by atoms with Crippen molar-refractivity contribution in [2.45, 2.75) is 26.2 Å². The Hall–Kier alpha value is -0.620. The Morgan fingerprint density at radius 1 is 1.47 bits per heavy atom. The van der Waals surface area contributed by atoms with Gasteiger partial charge >= 0.3 is 0 Å². The normalized spacial score (nSPS) is 26.5. The highest BCUT2D eigenvalue weighted by molar-refractivity contribution is 7.90. The Labute approximate surface area is 90.5 Å². The summed E-state index contributed by atoms with van der Waals surface area (Å²) in [7, 11) is -3.43. The van der Waals surface area contributed by atoms with E-state index in [1.165, 1.54) is 6.92 Å². The Morgan fingerprint density at radius 3 is 2.67 bits per heavy atom. The predicted octanol–water partition coefficient (Wildman–Crippen LogP) is -0.173. The first-order chi connectivity index (χ1) is 7.00. The van der Waals surface area contributed by atoms with Crippen molar-refractivity contribution in [2.24, 2.45) is 17.6 Å². The van der Waals surface area contributed by atoms with E-state index < -0.39 is 10.0 Å². The van der Waals surface area contributed by atoms with Gasteiger partial charge in [-0.25, -0.2) is 8.42 Å². The molecule has 1 aliphatic rings. The second-order valence-corrected chi connectivity index (χ2v) is 5.91. The maximum Gasteiger partial charge on any atom is 0.236 e. The van der Waals surface area contributed by atoms with E-state index in [0.29, 0.717) is 6.54 Å². The Morgan fingerprint density at radius 2 is 2.13 bits per heavy atom. The highest BCUT2D eigenvalue weighted by Gasteiger charge is 2.33. The van der Waals surface area contributed by atoms with Gasteiger partial charge in [-0.15, -0.1) is 0 Å². The average Bonchev–Trinajstić information content (AvgIpc) is 2.64. The number of carbonyl (C=O) groups is 1. The summed E-state index contributed by atoms with van der Waals surface area (Å²) in [5.41, 5.74) is 5.53. The summed E-state index contributed by atoms with van der Waals surface area (Å²) in [5.74, 6) is -0.545. The van der Waals surface area contributed by atoms with Crippen LogP contribution in [0.1, 0.15) is 26.2 Å². The first-order valence-corrected chi connectivity index (χ1v) is 6.89. The quantitative estimate of drug-likeness (QED) is 0.706. The number of carbonyl (C=O) groups excluding carboxylic acids is 1. The molecule has 1 rings (SSSR count). The Balaban J connectivity index is 2.61. The molecule has 0 saturated heterocycles. The minimum Gasteiger partial charge on any atom is -0.330 e. The number of hydrogen-bond donors (Lipinski definition) is 2.